The smallest absolute Gasteiger partial charge is 0.276 e. The molecular formula is C20H21Br3N2O4. The van der Waals surface area contributed by atoms with E-state index in [9.17, 15) is 9.59 Å². The first-order valence-electron chi connectivity index (χ1n) is 8.91. The van der Waals surface area contributed by atoms with Crippen molar-refractivity contribution in [3.05, 3.63) is 54.9 Å². The molecule has 0 unspecified atom stereocenters. The SMILES string of the molecule is CCCCOc1ccc(C(=O)NNC(=O)COc2c(C)cc(Br)cc2Br)cc1Br. The number of halogens is 3. The fourth-order valence-electron chi connectivity index (χ4n) is 2.33. The average molecular weight is 593 g/mol. The Morgan fingerprint density at radius 2 is 1.76 bits per heavy atom. The Morgan fingerprint density at radius 1 is 1.00 bits per heavy atom. The van der Waals surface area contributed by atoms with Gasteiger partial charge in [0.15, 0.2) is 6.61 Å². The molecule has 2 N–H and O–H groups in total. The first-order valence-corrected chi connectivity index (χ1v) is 11.3. The summed E-state index contributed by atoms with van der Waals surface area (Å²) in [5.41, 5.74) is 5.97. The van der Waals surface area contributed by atoms with Crippen molar-refractivity contribution >= 4 is 59.6 Å². The van der Waals surface area contributed by atoms with E-state index in [2.05, 4.69) is 65.6 Å². The number of rotatable bonds is 8. The Bertz CT molecular complexity index is 867. The summed E-state index contributed by atoms with van der Waals surface area (Å²) < 4.78 is 13.5. The van der Waals surface area contributed by atoms with Crippen LogP contribution in [0.25, 0.3) is 0 Å². The summed E-state index contributed by atoms with van der Waals surface area (Å²) in [4.78, 5) is 24.3. The highest BCUT2D eigenvalue weighted by atomic mass is 79.9. The normalized spacial score (nSPS) is 10.4. The zero-order chi connectivity index (χ0) is 21.4. The number of carbonyl (C=O) groups excluding carboxylic acids is 2. The van der Waals surface area contributed by atoms with Crippen molar-refractivity contribution in [1.82, 2.24) is 10.9 Å². The first-order chi connectivity index (χ1) is 13.8. The van der Waals surface area contributed by atoms with E-state index in [4.69, 9.17) is 9.47 Å². The molecule has 2 rings (SSSR count). The van der Waals surface area contributed by atoms with Crippen molar-refractivity contribution in [2.75, 3.05) is 13.2 Å². The van der Waals surface area contributed by atoms with Gasteiger partial charge in [-0.25, -0.2) is 0 Å². The monoisotopic (exact) mass is 590 g/mol. The number of aryl methyl sites for hydroxylation is 1. The molecule has 0 bridgehead atoms. The Morgan fingerprint density at radius 3 is 2.41 bits per heavy atom. The van der Waals surface area contributed by atoms with E-state index in [1.165, 1.54) is 0 Å². The van der Waals surface area contributed by atoms with Crippen LogP contribution < -0.4 is 20.3 Å². The van der Waals surface area contributed by atoms with Crippen molar-refractivity contribution < 1.29 is 19.1 Å². The molecule has 0 saturated heterocycles. The Labute approximate surface area is 195 Å². The standard InChI is InChI=1S/C20H21Br3N2O4/c1-3-4-7-28-17-6-5-13(9-15(17)22)20(27)25-24-18(26)11-29-19-12(2)8-14(21)10-16(19)23/h5-6,8-10H,3-4,7,11H2,1-2H3,(H,24,26)(H,25,27). The zero-order valence-corrected chi connectivity index (χ0v) is 20.7. The lowest BCUT2D eigenvalue weighted by Gasteiger charge is -2.13. The molecule has 0 fully saturated rings. The molecule has 29 heavy (non-hydrogen) atoms. The van der Waals surface area contributed by atoms with E-state index in [1.54, 1.807) is 18.2 Å². The lowest BCUT2D eigenvalue weighted by atomic mass is 10.2. The maximum atomic E-state index is 12.3. The number of hydrazine groups is 1. The van der Waals surface area contributed by atoms with Crippen LogP contribution in [0.1, 0.15) is 35.7 Å². The van der Waals surface area contributed by atoms with E-state index in [1.807, 2.05) is 19.1 Å². The minimum atomic E-state index is -0.480. The van der Waals surface area contributed by atoms with Crippen molar-refractivity contribution in [3.63, 3.8) is 0 Å². The summed E-state index contributed by atoms with van der Waals surface area (Å²) in [6.07, 6.45) is 2.00. The van der Waals surface area contributed by atoms with Crippen LogP contribution in [0.15, 0.2) is 43.7 Å². The van der Waals surface area contributed by atoms with E-state index in [0.29, 0.717) is 28.1 Å². The van der Waals surface area contributed by atoms with Crippen molar-refractivity contribution in [2.45, 2.75) is 26.7 Å². The highest BCUT2D eigenvalue weighted by Crippen LogP contribution is 2.32. The summed E-state index contributed by atoms with van der Waals surface area (Å²) in [7, 11) is 0. The van der Waals surface area contributed by atoms with Crippen LogP contribution >= 0.6 is 47.8 Å². The maximum absolute atomic E-state index is 12.3. The number of hydrogen-bond acceptors (Lipinski definition) is 4. The highest BCUT2D eigenvalue weighted by Gasteiger charge is 2.12. The van der Waals surface area contributed by atoms with Gasteiger partial charge in [0.1, 0.15) is 11.5 Å². The largest absolute Gasteiger partial charge is 0.492 e. The first kappa shape index (κ1) is 23.7. The minimum absolute atomic E-state index is 0.241. The predicted octanol–water partition coefficient (Wildman–Crippen LogP) is 5.30. The van der Waals surface area contributed by atoms with Crippen LogP contribution in [0.5, 0.6) is 11.5 Å². The Balaban J connectivity index is 1.85. The molecule has 0 atom stereocenters. The van der Waals surface area contributed by atoms with Crippen molar-refractivity contribution in [3.8, 4) is 11.5 Å². The van der Waals surface area contributed by atoms with Gasteiger partial charge in [0.2, 0.25) is 0 Å². The second-order valence-electron chi connectivity index (χ2n) is 6.17. The lowest BCUT2D eigenvalue weighted by molar-refractivity contribution is -0.123. The second-order valence-corrected chi connectivity index (χ2v) is 8.80. The summed E-state index contributed by atoms with van der Waals surface area (Å²) in [6, 6.07) is 8.70. The topological polar surface area (TPSA) is 76.7 Å². The molecule has 0 spiro atoms. The molecule has 0 heterocycles. The van der Waals surface area contributed by atoms with Gasteiger partial charge in [-0.3, -0.25) is 20.4 Å². The van der Waals surface area contributed by atoms with Crippen LogP contribution in [0.3, 0.4) is 0 Å². The molecule has 0 aliphatic carbocycles. The quantitative estimate of drug-likeness (QED) is 0.322. The molecule has 0 aromatic heterocycles. The van der Waals surface area contributed by atoms with Gasteiger partial charge in [-0.1, -0.05) is 29.3 Å². The third-order valence-corrected chi connectivity index (χ3v) is 5.47. The minimum Gasteiger partial charge on any atom is -0.492 e. The maximum Gasteiger partial charge on any atom is 0.276 e. The Kier molecular flexibility index (Phi) is 9.45. The van der Waals surface area contributed by atoms with Crippen LogP contribution in [0, 0.1) is 6.92 Å². The third-order valence-electron chi connectivity index (χ3n) is 3.81. The number of unbranched alkanes of at least 4 members (excludes halogenated alkanes) is 1. The van der Waals surface area contributed by atoms with Crippen LogP contribution in [0.4, 0.5) is 0 Å². The fraction of sp³-hybridized carbons (Fsp3) is 0.300. The van der Waals surface area contributed by atoms with Crippen LogP contribution in [-0.2, 0) is 4.79 Å². The van der Waals surface area contributed by atoms with E-state index in [0.717, 1.165) is 27.4 Å². The predicted molar refractivity (Wildman–Crippen MR) is 122 cm³/mol. The Hall–Kier alpha value is -1.58. The van der Waals surface area contributed by atoms with Gasteiger partial charge in [0.25, 0.3) is 11.8 Å². The molecule has 0 aliphatic heterocycles. The fourth-order valence-corrected chi connectivity index (χ4v) is 4.38. The number of nitrogens with one attached hydrogen (secondary N) is 2. The molecule has 0 aliphatic rings. The van der Waals surface area contributed by atoms with Crippen molar-refractivity contribution in [2.24, 2.45) is 0 Å². The van der Waals surface area contributed by atoms with Gasteiger partial charge in [-0.05, 0) is 81.1 Å². The van der Waals surface area contributed by atoms with Gasteiger partial charge >= 0.3 is 0 Å². The zero-order valence-electron chi connectivity index (χ0n) is 16.0. The van der Waals surface area contributed by atoms with Gasteiger partial charge in [0.05, 0.1) is 15.6 Å². The lowest BCUT2D eigenvalue weighted by Crippen LogP contribution is -2.43. The van der Waals surface area contributed by atoms with Crippen molar-refractivity contribution in [1.29, 1.82) is 0 Å². The molecule has 6 nitrogen and oxygen atoms in total. The molecule has 9 heteroatoms. The van der Waals surface area contributed by atoms with E-state index >= 15 is 0 Å². The third kappa shape index (κ3) is 7.31. The van der Waals surface area contributed by atoms with E-state index in [-0.39, 0.29) is 6.61 Å². The molecule has 2 aromatic rings. The molecule has 0 saturated carbocycles. The number of amides is 2. The van der Waals surface area contributed by atoms with Gasteiger partial charge in [0, 0.05) is 10.0 Å². The summed E-state index contributed by atoms with van der Waals surface area (Å²) >= 11 is 10.2. The number of benzene rings is 2. The summed E-state index contributed by atoms with van der Waals surface area (Å²) in [5, 5.41) is 0. The molecular weight excluding hydrogens is 572 g/mol. The van der Waals surface area contributed by atoms with E-state index < -0.39 is 11.8 Å². The van der Waals surface area contributed by atoms with Gasteiger partial charge < -0.3 is 9.47 Å². The van der Waals surface area contributed by atoms with Crippen LogP contribution in [0.2, 0.25) is 0 Å². The number of hydrogen-bond donors (Lipinski definition) is 2. The molecule has 0 radical (unpaired) electrons. The molecule has 2 aromatic carbocycles. The number of ether oxygens (including phenoxy) is 2. The summed E-state index contributed by atoms with van der Waals surface area (Å²) in [5.74, 6) is 0.312. The molecule has 156 valence electrons. The molecule has 2 amide bonds. The van der Waals surface area contributed by atoms with Crippen LogP contribution in [-0.4, -0.2) is 25.0 Å². The second kappa shape index (κ2) is 11.6. The highest BCUT2D eigenvalue weighted by molar-refractivity contribution is 9.11. The summed E-state index contributed by atoms with van der Waals surface area (Å²) in [6.45, 7) is 4.34. The number of carbonyl (C=O) groups is 2. The average Bonchev–Trinajstić information content (AvgIpc) is 2.66. The van der Waals surface area contributed by atoms with Gasteiger partial charge in [-0.2, -0.15) is 0 Å². The van der Waals surface area contributed by atoms with Gasteiger partial charge in [-0.15, -0.1) is 0 Å².